The zero-order valence-electron chi connectivity index (χ0n) is 9.87. The smallest absolute Gasteiger partial charge is 0.0220 e. The molecule has 15 heavy (non-hydrogen) atoms. The molecular formula is C12H24N2S. The number of rotatable bonds is 2. The van der Waals surface area contributed by atoms with Crippen LogP contribution in [0, 0.1) is 5.92 Å². The van der Waals surface area contributed by atoms with Crippen molar-refractivity contribution in [1.29, 1.82) is 0 Å². The van der Waals surface area contributed by atoms with Crippen LogP contribution in [0.25, 0.3) is 0 Å². The molecule has 0 bridgehead atoms. The van der Waals surface area contributed by atoms with Gasteiger partial charge in [-0.15, -0.1) is 0 Å². The quantitative estimate of drug-likeness (QED) is 0.776. The molecule has 2 atom stereocenters. The Balaban J connectivity index is 1.78. The topological polar surface area (TPSA) is 15.3 Å². The first-order chi connectivity index (χ1) is 7.36. The lowest BCUT2D eigenvalue weighted by Crippen LogP contribution is -2.48. The number of nitrogens with one attached hydrogen (secondary N) is 1. The molecule has 2 saturated heterocycles. The van der Waals surface area contributed by atoms with E-state index in [9.17, 15) is 0 Å². The number of hydrogen-bond donors (Lipinski definition) is 1. The van der Waals surface area contributed by atoms with Crippen LogP contribution in [0.3, 0.4) is 0 Å². The lowest BCUT2D eigenvalue weighted by atomic mass is 9.92. The summed E-state index contributed by atoms with van der Waals surface area (Å²) in [4.78, 5) is 2.67. The Kier molecular flexibility index (Phi) is 4.79. The van der Waals surface area contributed by atoms with Crippen molar-refractivity contribution in [3.05, 3.63) is 0 Å². The Morgan fingerprint density at radius 3 is 3.07 bits per heavy atom. The van der Waals surface area contributed by atoms with E-state index in [1.807, 2.05) is 0 Å². The molecule has 3 heteroatoms. The lowest BCUT2D eigenvalue weighted by Gasteiger charge is -2.34. The Morgan fingerprint density at radius 2 is 2.20 bits per heavy atom. The predicted molar refractivity (Wildman–Crippen MR) is 68.6 cm³/mol. The molecule has 0 aromatic carbocycles. The second-order valence-electron chi connectivity index (χ2n) is 4.95. The van der Waals surface area contributed by atoms with Gasteiger partial charge >= 0.3 is 0 Å². The SMILES string of the molecule is CC1CCCNC1CN1CCCSCC1. The molecule has 0 spiro atoms. The van der Waals surface area contributed by atoms with E-state index in [0.29, 0.717) is 0 Å². The maximum Gasteiger partial charge on any atom is 0.0220 e. The number of piperidine rings is 1. The first-order valence-electron chi connectivity index (χ1n) is 6.40. The minimum absolute atomic E-state index is 0.752. The van der Waals surface area contributed by atoms with E-state index in [1.165, 1.54) is 56.9 Å². The molecular weight excluding hydrogens is 204 g/mol. The fourth-order valence-electron chi connectivity index (χ4n) is 2.62. The minimum Gasteiger partial charge on any atom is -0.312 e. The summed E-state index contributed by atoms with van der Waals surface area (Å²) in [7, 11) is 0. The lowest BCUT2D eigenvalue weighted by molar-refractivity contribution is 0.200. The van der Waals surface area contributed by atoms with Crippen molar-refractivity contribution in [3.8, 4) is 0 Å². The summed E-state index contributed by atoms with van der Waals surface area (Å²) in [5, 5.41) is 3.69. The van der Waals surface area contributed by atoms with E-state index in [-0.39, 0.29) is 0 Å². The Labute approximate surface area is 98.2 Å². The van der Waals surface area contributed by atoms with Gasteiger partial charge in [0.1, 0.15) is 0 Å². The average molecular weight is 228 g/mol. The molecule has 2 rings (SSSR count). The minimum atomic E-state index is 0.752. The van der Waals surface area contributed by atoms with Gasteiger partial charge < -0.3 is 10.2 Å². The first kappa shape index (κ1) is 11.7. The van der Waals surface area contributed by atoms with E-state index in [0.717, 1.165) is 12.0 Å². The van der Waals surface area contributed by atoms with Gasteiger partial charge in [0.05, 0.1) is 0 Å². The monoisotopic (exact) mass is 228 g/mol. The van der Waals surface area contributed by atoms with Crippen molar-refractivity contribution in [3.63, 3.8) is 0 Å². The van der Waals surface area contributed by atoms with Gasteiger partial charge in [0.15, 0.2) is 0 Å². The molecule has 0 amide bonds. The second kappa shape index (κ2) is 6.12. The van der Waals surface area contributed by atoms with Crippen molar-refractivity contribution in [2.45, 2.75) is 32.2 Å². The molecule has 0 radical (unpaired) electrons. The highest BCUT2D eigenvalue weighted by Crippen LogP contribution is 2.18. The molecule has 0 aliphatic carbocycles. The highest BCUT2D eigenvalue weighted by atomic mass is 32.2. The van der Waals surface area contributed by atoms with E-state index in [1.54, 1.807) is 0 Å². The van der Waals surface area contributed by atoms with Crippen LogP contribution in [0.2, 0.25) is 0 Å². The van der Waals surface area contributed by atoms with Gasteiger partial charge in [-0.2, -0.15) is 11.8 Å². The van der Waals surface area contributed by atoms with Crippen molar-refractivity contribution >= 4 is 11.8 Å². The number of thioether (sulfide) groups is 1. The molecule has 2 aliphatic rings. The normalized spacial score (nSPS) is 35.0. The third-order valence-electron chi connectivity index (χ3n) is 3.70. The molecule has 88 valence electrons. The number of hydrogen-bond acceptors (Lipinski definition) is 3. The van der Waals surface area contributed by atoms with Gasteiger partial charge in [-0.3, -0.25) is 0 Å². The van der Waals surface area contributed by atoms with Gasteiger partial charge in [-0.25, -0.2) is 0 Å². The molecule has 2 fully saturated rings. The summed E-state index contributed by atoms with van der Waals surface area (Å²) in [6, 6.07) is 0.752. The highest BCUT2D eigenvalue weighted by Gasteiger charge is 2.23. The first-order valence-corrected chi connectivity index (χ1v) is 7.55. The second-order valence-corrected chi connectivity index (χ2v) is 6.17. The third kappa shape index (κ3) is 3.65. The van der Waals surface area contributed by atoms with E-state index in [4.69, 9.17) is 0 Å². The standard InChI is InChI=1S/C12H24N2S/c1-11-4-2-5-13-12(11)10-14-6-3-8-15-9-7-14/h11-13H,2-10H2,1H3. The fraction of sp³-hybridized carbons (Fsp3) is 1.00. The Hall–Kier alpha value is 0.270. The molecule has 2 unspecified atom stereocenters. The van der Waals surface area contributed by atoms with Crippen molar-refractivity contribution < 1.29 is 0 Å². The van der Waals surface area contributed by atoms with Gasteiger partial charge in [-0.05, 0) is 44.0 Å². The summed E-state index contributed by atoms with van der Waals surface area (Å²) < 4.78 is 0. The van der Waals surface area contributed by atoms with Crippen molar-refractivity contribution in [1.82, 2.24) is 10.2 Å². The maximum atomic E-state index is 3.69. The Bertz CT molecular complexity index is 178. The number of nitrogens with zero attached hydrogens (tertiary/aromatic N) is 1. The van der Waals surface area contributed by atoms with Crippen LogP contribution in [-0.4, -0.2) is 48.6 Å². The largest absolute Gasteiger partial charge is 0.312 e. The van der Waals surface area contributed by atoms with Crippen LogP contribution in [0.5, 0.6) is 0 Å². The molecule has 1 N–H and O–H groups in total. The summed E-state index contributed by atoms with van der Waals surface area (Å²) in [6.07, 6.45) is 4.17. The summed E-state index contributed by atoms with van der Waals surface area (Å²) in [6.45, 7) is 7.54. The van der Waals surface area contributed by atoms with Crippen LogP contribution < -0.4 is 5.32 Å². The van der Waals surface area contributed by atoms with Crippen molar-refractivity contribution in [2.75, 3.05) is 37.7 Å². The van der Waals surface area contributed by atoms with E-state index >= 15 is 0 Å². The van der Waals surface area contributed by atoms with Gasteiger partial charge in [0.2, 0.25) is 0 Å². The van der Waals surface area contributed by atoms with Gasteiger partial charge in [0.25, 0.3) is 0 Å². The van der Waals surface area contributed by atoms with Crippen LogP contribution in [0.15, 0.2) is 0 Å². The molecule has 2 nitrogen and oxygen atoms in total. The highest BCUT2D eigenvalue weighted by molar-refractivity contribution is 7.99. The zero-order valence-corrected chi connectivity index (χ0v) is 10.7. The zero-order chi connectivity index (χ0) is 10.5. The average Bonchev–Trinajstić information content (AvgIpc) is 2.50. The summed E-state index contributed by atoms with van der Waals surface area (Å²) >= 11 is 2.12. The molecule has 2 aliphatic heterocycles. The Morgan fingerprint density at radius 1 is 1.27 bits per heavy atom. The van der Waals surface area contributed by atoms with E-state index < -0.39 is 0 Å². The third-order valence-corrected chi connectivity index (χ3v) is 4.75. The fourth-order valence-corrected chi connectivity index (χ4v) is 3.54. The summed E-state index contributed by atoms with van der Waals surface area (Å²) in [5.74, 6) is 3.57. The summed E-state index contributed by atoms with van der Waals surface area (Å²) in [5.41, 5.74) is 0. The van der Waals surface area contributed by atoms with Gasteiger partial charge in [0, 0.05) is 24.9 Å². The van der Waals surface area contributed by atoms with Gasteiger partial charge in [-0.1, -0.05) is 6.92 Å². The maximum absolute atomic E-state index is 3.69. The van der Waals surface area contributed by atoms with E-state index in [2.05, 4.69) is 28.9 Å². The van der Waals surface area contributed by atoms with Crippen LogP contribution >= 0.6 is 11.8 Å². The van der Waals surface area contributed by atoms with Crippen LogP contribution in [0.4, 0.5) is 0 Å². The van der Waals surface area contributed by atoms with Crippen LogP contribution in [-0.2, 0) is 0 Å². The molecule has 2 heterocycles. The van der Waals surface area contributed by atoms with Crippen molar-refractivity contribution in [2.24, 2.45) is 5.92 Å². The molecule has 0 aromatic heterocycles. The molecule has 0 saturated carbocycles. The molecule has 0 aromatic rings. The predicted octanol–water partition coefficient (Wildman–Crippen LogP) is 1.81. The van der Waals surface area contributed by atoms with Crippen LogP contribution in [0.1, 0.15) is 26.2 Å².